The van der Waals surface area contributed by atoms with E-state index in [0.717, 1.165) is 55.7 Å². The van der Waals surface area contributed by atoms with Crippen LogP contribution in [-0.2, 0) is 12.5 Å². The molecule has 7 heteroatoms. The van der Waals surface area contributed by atoms with Crippen LogP contribution in [0.4, 0.5) is 4.79 Å². The molecule has 2 aliphatic heterocycles. The number of benzene rings is 1. The van der Waals surface area contributed by atoms with Gasteiger partial charge in [0.2, 0.25) is 0 Å². The summed E-state index contributed by atoms with van der Waals surface area (Å²) in [5.74, 6) is 0.823. The van der Waals surface area contributed by atoms with Gasteiger partial charge >= 0.3 is 6.03 Å². The number of nitrogens with one attached hydrogen (secondary N) is 1. The van der Waals surface area contributed by atoms with Crippen LogP contribution < -0.4 is 10.1 Å². The van der Waals surface area contributed by atoms with Gasteiger partial charge in [0.15, 0.2) is 0 Å². The van der Waals surface area contributed by atoms with E-state index in [0.29, 0.717) is 6.54 Å². The number of ether oxygens (including phenoxy) is 1. The number of fused-ring (bicyclic) bond motifs is 4. The fraction of sp³-hybridized carbons (Fsp3) is 0.640. The summed E-state index contributed by atoms with van der Waals surface area (Å²) in [6, 6.07) is 6.15. The van der Waals surface area contributed by atoms with Crippen LogP contribution in [0.1, 0.15) is 55.8 Å². The molecule has 1 spiro atoms. The number of hydrogen-bond donors (Lipinski definition) is 2. The number of nitrogens with zero attached hydrogens (tertiary/aromatic N) is 3. The van der Waals surface area contributed by atoms with E-state index in [4.69, 9.17) is 4.74 Å². The van der Waals surface area contributed by atoms with Crippen molar-refractivity contribution in [3.05, 3.63) is 29.5 Å². The lowest BCUT2D eigenvalue weighted by molar-refractivity contribution is 0.0704. The first kappa shape index (κ1) is 21.6. The van der Waals surface area contributed by atoms with Gasteiger partial charge in [0.05, 0.1) is 25.3 Å². The lowest BCUT2D eigenvalue weighted by Gasteiger charge is -2.50. The summed E-state index contributed by atoms with van der Waals surface area (Å²) in [5, 5.41) is 15.0. The first-order chi connectivity index (χ1) is 15.5. The van der Waals surface area contributed by atoms with Crippen LogP contribution in [-0.4, -0.2) is 71.9 Å². The van der Waals surface area contributed by atoms with Crippen LogP contribution in [0.2, 0.25) is 0 Å². The number of likely N-dealkylation sites (tertiary alicyclic amines) is 1. The number of urea groups is 1. The molecule has 32 heavy (non-hydrogen) atoms. The highest BCUT2D eigenvalue weighted by molar-refractivity contribution is 5.89. The van der Waals surface area contributed by atoms with E-state index in [1.165, 1.54) is 23.8 Å². The van der Waals surface area contributed by atoms with Crippen molar-refractivity contribution < 1.29 is 14.6 Å². The third kappa shape index (κ3) is 3.37. The maximum atomic E-state index is 13.5. The molecule has 3 aliphatic rings. The summed E-state index contributed by atoms with van der Waals surface area (Å²) >= 11 is 0. The lowest BCUT2D eigenvalue weighted by atomic mass is 9.68. The van der Waals surface area contributed by atoms with Crippen molar-refractivity contribution in [3.8, 4) is 5.75 Å². The minimum atomic E-state index is -0.347. The molecule has 1 aromatic carbocycles. The highest BCUT2D eigenvalue weighted by Crippen LogP contribution is 2.50. The Morgan fingerprint density at radius 3 is 2.59 bits per heavy atom. The molecule has 1 aromatic heterocycles. The second-order valence-electron chi connectivity index (χ2n) is 10.0. The summed E-state index contributed by atoms with van der Waals surface area (Å²) < 4.78 is 7.69. The van der Waals surface area contributed by atoms with Crippen LogP contribution >= 0.6 is 0 Å². The molecule has 2 aromatic rings. The van der Waals surface area contributed by atoms with Gasteiger partial charge in [-0.05, 0) is 63.5 Å². The quantitative estimate of drug-likeness (QED) is 0.769. The molecular formula is C25H36N4O3. The number of aromatic nitrogens is 1. The Bertz CT molecular complexity index is 1000. The minimum absolute atomic E-state index is 0.0252. The van der Waals surface area contributed by atoms with E-state index >= 15 is 0 Å². The van der Waals surface area contributed by atoms with Crippen molar-refractivity contribution in [1.82, 2.24) is 19.7 Å². The summed E-state index contributed by atoms with van der Waals surface area (Å²) in [4.78, 5) is 17.8. The topological polar surface area (TPSA) is 70.0 Å². The third-order valence-electron chi connectivity index (χ3n) is 8.21. The van der Waals surface area contributed by atoms with Crippen LogP contribution in [0.5, 0.6) is 5.75 Å². The SMILES string of the molecule is COc1ccc2c3c(n(C)c2c1)[C@H](CO)N(C(=O)NC1CCCC1)CC31CCN(C)CC1. The Balaban J connectivity index is 1.64. The molecule has 1 aliphatic carbocycles. The molecule has 0 unspecified atom stereocenters. The zero-order valence-corrected chi connectivity index (χ0v) is 19.6. The Morgan fingerprint density at radius 1 is 1.22 bits per heavy atom. The Hall–Kier alpha value is -2.25. The molecule has 1 saturated heterocycles. The molecular weight excluding hydrogens is 404 g/mol. The van der Waals surface area contributed by atoms with Gasteiger partial charge in [-0.1, -0.05) is 12.8 Å². The molecule has 0 radical (unpaired) electrons. The van der Waals surface area contributed by atoms with E-state index < -0.39 is 0 Å². The predicted molar refractivity (Wildman–Crippen MR) is 125 cm³/mol. The fourth-order valence-corrected chi connectivity index (χ4v) is 6.35. The van der Waals surface area contributed by atoms with Crippen molar-refractivity contribution in [2.24, 2.45) is 7.05 Å². The Morgan fingerprint density at radius 2 is 1.94 bits per heavy atom. The number of carbonyl (C=O) groups is 1. The highest BCUT2D eigenvalue weighted by Gasteiger charge is 2.49. The summed E-state index contributed by atoms with van der Waals surface area (Å²) in [7, 11) is 5.92. The second-order valence-corrected chi connectivity index (χ2v) is 10.0. The normalized spacial score (nSPS) is 23.6. The van der Waals surface area contributed by atoms with Crippen molar-refractivity contribution in [2.45, 2.75) is 56.0 Å². The second kappa shape index (κ2) is 8.27. The highest BCUT2D eigenvalue weighted by atomic mass is 16.5. The Labute approximate surface area is 190 Å². The van der Waals surface area contributed by atoms with E-state index in [-0.39, 0.29) is 30.1 Å². The van der Waals surface area contributed by atoms with Crippen LogP contribution in [0.3, 0.4) is 0 Å². The van der Waals surface area contributed by atoms with Gasteiger partial charge in [0, 0.05) is 42.2 Å². The van der Waals surface area contributed by atoms with Crippen molar-refractivity contribution in [2.75, 3.05) is 40.4 Å². The van der Waals surface area contributed by atoms with Crippen molar-refractivity contribution >= 4 is 16.9 Å². The summed E-state index contributed by atoms with van der Waals surface area (Å²) in [6.45, 7) is 2.59. The first-order valence-corrected chi connectivity index (χ1v) is 12.0. The number of carbonyl (C=O) groups excluding carboxylic acids is 1. The zero-order valence-electron chi connectivity index (χ0n) is 19.6. The number of piperidine rings is 1. The van der Waals surface area contributed by atoms with Crippen LogP contribution in [0.15, 0.2) is 18.2 Å². The monoisotopic (exact) mass is 440 g/mol. The molecule has 174 valence electrons. The standard InChI is InChI=1S/C25H36N4O3/c1-27-12-10-25(11-13-27)16-29(24(31)26-17-6-4-5-7-17)21(15-30)23-22(25)19-9-8-18(32-3)14-20(19)28(23)2/h8-9,14,17,21,30H,4-7,10-13,15-16H2,1-3H3,(H,26,31)/t21-/m0/s1. The van der Waals surface area contributed by atoms with Gasteiger partial charge in [-0.2, -0.15) is 0 Å². The molecule has 5 rings (SSSR count). The zero-order chi connectivity index (χ0) is 22.5. The smallest absolute Gasteiger partial charge is 0.318 e. The van der Waals surface area contributed by atoms with Gasteiger partial charge in [-0.25, -0.2) is 4.79 Å². The lowest BCUT2D eigenvalue weighted by Crippen LogP contribution is -2.57. The van der Waals surface area contributed by atoms with Gasteiger partial charge in [0.25, 0.3) is 0 Å². The average molecular weight is 441 g/mol. The number of amides is 2. The van der Waals surface area contributed by atoms with E-state index in [9.17, 15) is 9.90 Å². The molecule has 1 saturated carbocycles. The summed E-state index contributed by atoms with van der Waals surface area (Å²) in [5.41, 5.74) is 3.40. The van der Waals surface area contributed by atoms with Gasteiger partial charge < -0.3 is 29.5 Å². The van der Waals surface area contributed by atoms with Gasteiger partial charge in [-0.15, -0.1) is 0 Å². The number of aryl methyl sites for hydroxylation is 1. The molecule has 2 N–H and O–H groups in total. The van der Waals surface area contributed by atoms with E-state index in [2.05, 4.69) is 41.0 Å². The molecule has 0 bridgehead atoms. The number of aliphatic hydroxyl groups excluding tert-OH is 1. The Kier molecular flexibility index (Phi) is 5.58. The minimum Gasteiger partial charge on any atom is -0.497 e. The maximum Gasteiger partial charge on any atom is 0.318 e. The molecule has 2 amide bonds. The van der Waals surface area contributed by atoms with Crippen molar-refractivity contribution in [3.63, 3.8) is 0 Å². The fourth-order valence-electron chi connectivity index (χ4n) is 6.35. The van der Waals surface area contributed by atoms with Crippen LogP contribution in [0.25, 0.3) is 10.9 Å². The van der Waals surface area contributed by atoms with Gasteiger partial charge in [-0.3, -0.25) is 0 Å². The molecule has 3 heterocycles. The van der Waals surface area contributed by atoms with Crippen molar-refractivity contribution in [1.29, 1.82) is 0 Å². The number of aliphatic hydroxyl groups is 1. The van der Waals surface area contributed by atoms with Crippen LogP contribution in [0, 0.1) is 0 Å². The summed E-state index contributed by atoms with van der Waals surface area (Å²) in [6.07, 6.45) is 6.48. The third-order valence-corrected chi connectivity index (χ3v) is 8.21. The average Bonchev–Trinajstić information content (AvgIpc) is 3.42. The number of hydrogen-bond acceptors (Lipinski definition) is 4. The van der Waals surface area contributed by atoms with E-state index in [1.807, 2.05) is 11.0 Å². The van der Waals surface area contributed by atoms with Gasteiger partial charge in [0.1, 0.15) is 5.75 Å². The molecule has 2 fully saturated rings. The van der Waals surface area contributed by atoms with E-state index in [1.54, 1.807) is 7.11 Å². The maximum absolute atomic E-state index is 13.5. The predicted octanol–water partition coefficient (Wildman–Crippen LogP) is 3.15. The molecule has 7 nitrogen and oxygen atoms in total. The number of rotatable bonds is 3. The largest absolute Gasteiger partial charge is 0.497 e. The number of methoxy groups -OCH3 is 1. The first-order valence-electron chi connectivity index (χ1n) is 12.0. The molecule has 1 atom stereocenters.